The number of benzene rings is 1. The number of nitrogens with zero attached hydrogens (tertiary/aromatic N) is 3. The molecule has 0 spiro atoms. The van der Waals surface area contributed by atoms with Gasteiger partial charge >= 0.3 is 11.9 Å². The predicted molar refractivity (Wildman–Crippen MR) is 75.7 cm³/mol. The summed E-state index contributed by atoms with van der Waals surface area (Å²) < 4.78 is 6.07. The second kappa shape index (κ2) is 5.72. The van der Waals surface area contributed by atoms with E-state index in [2.05, 4.69) is 10.3 Å². The Labute approximate surface area is 124 Å². The van der Waals surface area contributed by atoms with Gasteiger partial charge in [0, 0.05) is 5.56 Å². The van der Waals surface area contributed by atoms with Crippen molar-refractivity contribution in [2.45, 2.75) is 13.0 Å². The summed E-state index contributed by atoms with van der Waals surface area (Å²) in [5.41, 5.74) is 6.20. The highest BCUT2D eigenvalue weighted by molar-refractivity contribution is 5.93. The maximum atomic E-state index is 11.3. The minimum atomic E-state index is -1.31. The summed E-state index contributed by atoms with van der Waals surface area (Å²) in [6, 6.07) is 3.51. The molecule has 1 atom stereocenters. The summed E-state index contributed by atoms with van der Waals surface area (Å²) in [7, 11) is 1.45. The highest BCUT2D eigenvalue weighted by Crippen LogP contribution is 2.31. The molecule has 0 aliphatic carbocycles. The molecule has 2 aromatic rings. The van der Waals surface area contributed by atoms with Gasteiger partial charge in [0.1, 0.15) is 17.5 Å². The SMILES string of the molecule is COc1ccc(-c2c(C(=O)O)nnn2C(C)C(=O)O)cc1N. The van der Waals surface area contributed by atoms with Crippen molar-refractivity contribution in [3.63, 3.8) is 0 Å². The van der Waals surface area contributed by atoms with Gasteiger partial charge in [0.25, 0.3) is 0 Å². The van der Waals surface area contributed by atoms with Gasteiger partial charge < -0.3 is 20.7 Å². The summed E-state index contributed by atoms with van der Waals surface area (Å²) in [6.45, 7) is 1.37. The van der Waals surface area contributed by atoms with Gasteiger partial charge in [0.2, 0.25) is 0 Å². The maximum Gasteiger partial charge on any atom is 0.358 e. The normalized spacial score (nSPS) is 11.9. The van der Waals surface area contributed by atoms with E-state index in [0.29, 0.717) is 11.3 Å². The highest BCUT2D eigenvalue weighted by Gasteiger charge is 2.26. The molecule has 1 heterocycles. The fourth-order valence-corrected chi connectivity index (χ4v) is 1.96. The molecular weight excluding hydrogens is 292 g/mol. The zero-order valence-electron chi connectivity index (χ0n) is 11.8. The van der Waals surface area contributed by atoms with Gasteiger partial charge in [-0.05, 0) is 25.1 Å². The fraction of sp³-hybridized carbons (Fsp3) is 0.231. The van der Waals surface area contributed by atoms with Crippen molar-refractivity contribution in [2.24, 2.45) is 0 Å². The largest absolute Gasteiger partial charge is 0.495 e. The number of rotatable bonds is 5. The van der Waals surface area contributed by atoms with E-state index >= 15 is 0 Å². The minimum Gasteiger partial charge on any atom is -0.495 e. The van der Waals surface area contributed by atoms with Crippen LogP contribution in [0.4, 0.5) is 5.69 Å². The van der Waals surface area contributed by atoms with Gasteiger partial charge in [-0.25, -0.2) is 14.3 Å². The Morgan fingerprint density at radius 3 is 2.55 bits per heavy atom. The fourth-order valence-electron chi connectivity index (χ4n) is 1.96. The molecule has 116 valence electrons. The number of aromatic carboxylic acids is 1. The topological polar surface area (TPSA) is 141 Å². The summed E-state index contributed by atoms with van der Waals surface area (Å²) in [5.74, 6) is -2.05. The molecule has 4 N–H and O–H groups in total. The second-order valence-corrected chi connectivity index (χ2v) is 4.51. The monoisotopic (exact) mass is 306 g/mol. The first-order valence-electron chi connectivity index (χ1n) is 6.22. The van der Waals surface area contributed by atoms with E-state index in [0.717, 1.165) is 4.68 Å². The molecular formula is C13H14N4O5. The molecule has 2 rings (SSSR count). The predicted octanol–water partition coefficient (Wildman–Crippen LogP) is 0.880. The quantitative estimate of drug-likeness (QED) is 0.691. The van der Waals surface area contributed by atoms with Crippen LogP contribution in [-0.2, 0) is 4.79 Å². The Morgan fingerprint density at radius 1 is 1.36 bits per heavy atom. The number of methoxy groups -OCH3 is 1. The van der Waals surface area contributed by atoms with E-state index < -0.39 is 18.0 Å². The molecule has 0 aliphatic heterocycles. The molecule has 0 radical (unpaired) electrons. The average molecular weight is 306 g/mol. The lowest BCUT2D eigenvalue weighted by Gasteiger charge is -2.12. The van der Waals surface area contributed by atoms with Crippen LogP contribution in [-0.4, -0.2) is 44.3 Å². The molecule has 0 bridgehead atoms. The molecule has 9 nitrogen and oxygen atoms in total. The third-order valence-electron chi connectivity index (χ3n) is 3.12. The summed E-state index contributed by atoms with van der Waals surface area (Å²) >= 11 is 0. The number of carboxylic acids is 2. The van der Waals surface area contributed by atoms with E-state index in [-0.39, 0.29) is 17.1 Å². The van der Waals surface area contributed by atoms with Gasteiger partial charge in [0.05, 0.1) is 12.8 Å². The number of nitrogens with two attached hydrogens (primary N) is 1. The smallest absolute Gasteiger partial charge is 0.358 e. The average Bonchev–Trinajstić information content (AvgIpc) is 2.91. The Hall–Kier alpha value is -3.10. The van der Waals surface area contributed by atoms with Crippen molar-refractivity contribution in [3.8, 4) is 17.0 Å². The molecule has 22 heavy (non-hydrogen) atoms. The van der Waals surface area contributed by atoms with E-state index in [1.54, 1.807) is 12.1 Å². The molecule has 0 fully saturated rings. The number of anilines is 1. The number of carbonyl (C=O) groups is 2. The number of aliphatic carboxylic acids is 1. The first-order valence-corrected chi connectivity index (χ1v) is 6.22. The summed E-state index contributed by atoms with van der Waals surface area (Å²) in [4.78, 5) is 22.4. The second-order valence-electron chi connectivity index (χ2n) is 4.51. The van der Waals surface area contributed by atoms with Crippen LogP contribution in [0.1, 0.15) is 23.5 Å². The number of aromatic nitrogens is 3. The molecule has 9 heteroatoms. The minimum absolute atomic E-state index is 0.0664. The lowest BCUT2D eigenvalue weighted by atomic mass is 10.1. The summed E-state index contributed by atoms with van der Waals surface area (Å²) in [6.07, 6.45) is 0. The van der Waals surface area contributed by atoms with Gasteiger partial charge in [-0.15, -0.1) is 5.10 Å². The first-order chi connectivity index (χ1) is 10.4. The van der Waals surface area contributed by atoms with Crippen LogP contribution in [0.3, 0.4) is 0 Å². The van der Waals surface area contributed by atoms with Crippen molar-refractivity contribution in [1.82, 2.24) is 15.0 Å². The Balaban J connectivity index is 2.66. The standard InChI is InChI=1S/C13H14N4O5/c1-6(12(18)19)17-11(10(13(20)21)15-16-17)7-3-4-9(22-2)8(14)5-7/h3-6H,14H2,1-2H3,(H,18,19)(H,20,21). The van der Waals surface area contributed by atoms with Crippen LogP contribution >= 0.6 is 0 Å². The van der Waals surface area contributed by atoms with Crippen molar-refractivity contribution in [3.05, 3.63) is 23.9 Å². The van der Waals surface area contributed by atoms with Crippen molar-refractivity contribution < 1.29 is 24.5 Å². The van der Waals surface area contributed by atoms with Gasteiger partial charge in [0.15, 0.2) is 5.69 Å². The van der Waals surface area contributed by atoms with E-state index in [4.69, 9.17) is 15.6 Å². The Kier molecular flexibility index (Phi) is 3.97. The Bertz CT molecular complexity index is 740. The molecule has 0 amide bonds. The number of hydrogen-bond donors (Lipinski definition) is 3. The highest BCUT2D eigenvalue weighted by atomic mass is 16.5. The molecule has 1 unspecified atom stereocenters. The zero-order valence-corrected chi connectivity index (χ0v) is 11.8. The van der Waals surface area contributed by atoms with E-state index in [1.807, 2.05) is 0 Å². The van der Waals surface area contributed by atoms with Crippen molar-refractivity contribution in [1.29, 1.82) is 0 Å². The zero-order chi connectivity index (χ0) is 16.4. The Morgan fingerprint density at radius 2 is 2.05 bits per heavy atom. The van der Waals surface area contributed by atoms with Crippen LogP contribution in [0.25, 0.3) is 11.3 Å². The third kappa shape index (κ3) is 2.55. The number of ether oxygens (including phenoxy) is 1. The van der Waals surface area contributed by atoms with Crippen molar-refractivity contribution >= 4 is 17.6 Å². The lowest BCUT2D eigenvalue weighted by Crippen LogP contribution is -2.18. The van der Waals surface area contributed by atoms with Crippen LogP contribution in [0.5, 0.6) is 5.75 Å². The molecule has 0 saturated heterocycles. The number of nitrogen functional groups attached to an aromatic ring is 1. The summed E-state index contributed by atoms with van der Waals surface area (Å²) in [5, 5.41) is 25.5. The van der Waals surface area contributed by atoms with E-state index in [1.165, 1.54) is 20.1 Å². The van der Waals surface area contributed by atoms with Gasteiger partial charge in [-0.3, -0.25) is 0 Å². The number of hydrogen-bond acceptors (Lipinski definition) is 6. The van der Waals surface area contributed by atoms with Crippen molar-refractivity contribution in [2.75, 3.05) is 12.8 Å². The van der Waals surface area contributed by atoms with E-state index in [9.17, 15) is 14.7 Å². The van der Waals surface area contributed by atoms with Crippen LogP contribution < -0.4 is 10.5 Å². The number of carboxylic acid groups (broad SMARTS) is 2. The van der Waals surface area contributed by atoms with Gasteiger partial charge in [-0.1, -0.05) is 5.21 Å². The molecule has 1 aromatic heterocycles. The first kappa shape index (κ1) is 15.3. The van der Waals surface area contributed by atoms with Crippen LogP contribution in [0.15, 0.2) is 18.2 Å². The van der Waals surface area contributed by atoms with Crippen LogP contribution in [0, 0.1) is 0 Å². The van der Waals surface area contributed by atoms with Crippen LogP contribution in [0.2, 0.25) is 0 Å². The molecule has 0 saturated carbocycles. The lowest BCUT2D eigenvalue weighted by molar-refractivity contribution is -0.140. The molecule has 0 aliphatic rings. The van der Waals surface area contributed by atoms with Gasteiger partial charge in [-0.2, -0.15) is 0 Å². The molecule has 1 aromatic carbocycles. The maximum absolute atomic E-state index is 11.3. The third-order valence-corrected chi connectivity index (χ3v) is 3.12.